The topological polar surface area (TPSA) is 50.1 Å². The van der Waals surface area contributed by atoms with Crippen molar-refractivity contribution in [1.29, 1.82) is 5.26 Å². The van der Waals surface area contributed by atoms with Crippen LogP contribution < -0.4 is 4.74 Å². The van der Waals surface area contributed by atoms with Crippen LogP contribution >= 0.6 is 0 Å². The van der Waals surface area contributed by atoms with Crippen molar-refractivity contribution >= 4 is 5.97 Å². The number of rotatable bonds is 7. The third kappa shape index (κ3) is 4.70. The fraction of sp³-hybridized carbons (Fsp3) is 0.462. The molecule has 0 saturated heterocycles. The lowest BCUT2D eigenvalue weighted by molar-refractivity contribution is -0.142. The maximum atomic E-state index is 13.4. The van der Waals surface area contributed by atoms with Gasteiger partial charge in [-0.2, -0.15) is 5.26 Å². The second-order valence-corrected chi connectivity index (χ2v) is 8.13. The van der Waals surface area contributed by atoms with Crippen molar-refractivity contribution in [1.82, 2.24) is 0 Å². The monoisotopic (exact) mass is 389 g/mol. The molecule has 3 nitrogen and oxygen atoms in total. The van der Waals surface area contributed by atoms with Gasteiger partial charge in [0, 0.05) is 0 Å². The summed E-state index contributed by atoms with van der Waals surface area (Å²) in [5.41, 5.74) is 3.25. The molecule has 29 heavy (non-hydrogen) atoms. The van der Waals surface area contributed by atoms with Gasteiger partial charge in [-0.25, -0.2) is 0 Å². The van der Waals surface area contributed by atoms with Crippen molar-refractivity contribution in [3.05, 3.63) is 64.7 Å². The number of carbonyl (C=O) groups excluding carboxylic acids is 1. The van der Waals surface area contributed by atoms with Crippen LogP contribution in [0.1, 0.15) is 81.0 Å². The molecule has 1 aliphatic carbocycles. The van der Waals surface area contributed by atoms with E-state index in [1.54, 1.807) is 6.07 Å². The van der Waals surface area contributed by atoms with Gasteiger partial charge in [-0.1, -0.05) is 69.9 Å². The molecule has 1 aliphatic rings. The van der Waals surface area contributed by atoms with Crippen LogP contribution in [0.15, 0.2) is 42.5 Å². The Balaban J connectivity index is 1.88. The summed E-state index contributed by atoms with van der Waals surface area (Å²) < 4.78 is 5.87. The van der Waals surface area contributed by atoms with E-state index in [1.165, 1.54) is 18.4 Å². The molecule has 1 saturated carbocycles. The Kier molecular flexibility index (Phi) is 7.09. The zero-order valence-corrected chi connectivity index (χ0v) is 17.7. The molecule has 0 bridgehead atoms. The van der Waals surface area contributed by atoms with E-state index in [9.17, 15) is 10.1 Å². The first-order valence-electron chi connectivity index (χ1n) is 11.0. The minimum absolute atomic E-state index is 0.223. The highest BCUT2D eigenvalue weighted by Gasteiger charge is 2.43. The third-order valence-corrected chi connectivity index (χ3v) is 6.20. The first-order valence-corrected chi connectivity index (χ1v) is 11.0. The van der Waals surface area contributed by atoms with Crippen molar-refractivity contribution in [2.24, 2.45) is 0 Å². The van der Waals surface area contributed by atoms with Crippen LogP contribution in [0.4, 0.5) is 0 Å². The van der Waals surface area contributed by atoms with Crippen LogP contribution in [0, 0.1) is 11.3 Å². The SMILES string of the molecule is CCCCc1ccc(C2(C(=O)Oc3ccc(CC)cc3C#N)CCCCC2)cc1. The van der Waals surface area contributed by atoms with Gasteiger partial charge in [0.25, 0.3) is 0 Å². The summed E-state index contributed by atoms with van der Waals surface area (Å²) in [4.78, 5) is 13.4. The van der Waals surface area contributed by atoms with Gasteiger partial charge in [0.15, 0.2) is 0 Å². The van der Waals surface area contributed by atoms with Crippen LogP contribution in [0.2, 0.25) is 0 Å². The summed E-state index contributed by atoms with van der Waals surface area (Å²) in [6, 6.07) is 16.2. The second kappa shape index (κ2) is 9.74. The van der Waals surface area contributed by atoms with Crippen molar-refractivity contribution in [2.75, 3.05) is 0 Å². The molecule has 3 rings (SSSR count). The van der Waals surface area contributed by atoms with Crippen LogP contribution in [-0.4, -0.2) is 5.97 Å². The predicted octanol–water partition coefficient (Wildman–Crippen LogP) is 6.27. The molecule has 2 aromatic rings. The largest absolute Gasteiger partial charge is 0.424 e. The second-order valence-electron chi connectivity index (χ2n) is 8.13. The highest BCUT2D eigenvalue weighted by atomic mass is 16.5. The minimum atomic E-state index is -0.613. The predicted molar refractivity (Wildman–Crippen MR) is 116 cm³/mol. The number of carbonyl (C=O) groups is 1. The van der Waals surface area contributed by atoms with E-state index in [4.69, 9.17) is 4.74 Å². The van der Waals surface area contributed by atoms with Gasteiger partial charge < -0.3 is 4.74 Å². The van der Waals surface area contributed by atoms with E-state index in [1.807, 2.05) is 19.1 Å². The van der Waals surface area contributed by atoms with E-state index < -0.39 is 5.41 Å². The normalized spacial score (nSPS) is 15.5. The van der Waals surface area contributed by atoms with Crippen LogP contribution in [0.5, 0.6) is 5.75 Å². The Morgan fingerprint density at radius 2 is 1.72 bits per heavy atom. The molecule has 0 radical (unpaired) electrons. The fourth-order valence-corrected chi connectivity index (χ4v) is 4.31. The van der Waals surface area contributed by atoms with Gasteiger partial charge in [-0.3, -0.25) is 4.79 Å². The maximum absolute atomic E-state index is 13.4. The molecule has 0 aliphatic heterocycles. The summed E-state index contributed by atoms with van der Waals surface area (Å²) >= 11 is 0. The van der Waals surface area contributed by atoms with Crippen molar-refractivity contribution in [3.8, 4) is 11.8 Å². The summed E-state index contributed by atoms with van der Waals surface area (Å²) in [5, 5.41) is 9.50. The summed E-state index contributed by atoms with van der Waals surface area (Å²) in [7, 11) is 0. The van der Waals surface area contributed by atoms with E-state index in [0.717, 1.165) is 56.1 Å². The number of ether oxygens (including phenoxy) is 1. The van der Waals surface area contributed by atoms with Crippen LogP contribution in [0.25, 0.3) is 0 Å². The van der Waals surface area contributed by atoms with Crippen LogP contribution in [-0.2, 0) is 23.1 Å². The lowest BCUT2D eigenvalue weighted by Gasteiger charge is -2.35. The average molecular weight is 390 g/mol. The number of hydrogen-bond acceptors (Lipinski definition) is 3. The summed E-state index contributed by atoms with van der Waals surface area (Å²) in [5.74, 6) is 0.151. The molecule has 0 unspecified atom stereocenters. The first kappa shape index (κ1) is 21.1. The van der Waals surface area contributed by atoms with Crippen molar-refractivity contribution < 1.29 is 9.53 Å². The van der Waals surface area contributed by atoms with Crippen molar-refractivity contribution in [3.63, 3.8) is 0 Å². The molecule has 0 spiro atoms. The van der Waals surface area contributed by atoms with Gasteiger partial charge in [0.1, 0.15) is 11.8 Å². The zero-order valence-electron chi connectivity index (χ0n) is 17.7. The Morgan fingerprint density at radius 1 is 1.03 bits per heavy atom. The van der Waals surface area contributed by atoms with Crippen LogP contribution in [0.3, 0.4) is 0 Å². The molecule has 0 N–H and O–H groups in total. The number of esters is 1. The number of nitriles is 1. The summed E-state index contributed by atoms with van der Waals surface area (Å²) in [6.45, 7) is 4.24. The lowest BCUT2D eigenvalue weighted by atomic mass is 9.69. The number of unbranched alkanes of at least 4 members (excludes halogenated alkanes) is 1. The van der Waals surface area contributed by atoms with Gasteiger partial charge in [0.2, 0.25) is 0 Å². The van der Waals surface area contributed by atoms with Gasteiger partial charge in [-0.15, -0.1) is 0 Å². The van der Waals surface area contributed by atoms with Gasteiger partial charge in [0.05, 0.1) is 11.0 Å². The number of benzene rings is 2. The van der Waals surface area contributed by atoms with E-state index in [2.05, 4.69) is 37.3 Å². The molecule has 2 aromatic carbocycles. The maximum Gasteiger partial charge on any atom is 0.321 e. The molecule has 152 valence electrons. The highest BCUT2D eigenvalue weighted by molar-refractivity contribution is 5.85. The Hall–Kier alpha value is -2.60. The number of aryl methyl sites for hydroxylation is 2. The molecule has 0 aromatic heterocycles. The Morgan fingerprint density at radius 3 is 2.34 bits per heavy atom. The number of hydrogen-bond donors (Lipinski definition) is 0. The smallest absolute Gasteiger partial charge is 0.321 e. The minimum Gasteiger partial charge on any atom is -0.424 e. The average Bonchev–Trinajstić information content (AvgIpc) is 2.78. The molecular formula is C26H31NO2. The fourth-order valence-electron chi connectivity index (χ4n) is 4.31. The molecule has 0 atom stereocenters. The molecular weight excluding hydrogens is 358 g/mol. The van der Waals surface area contributed by atoms with Crippen molar-refractivity contribution in [2.45, 2.75) is 77.0 Å². The number of nitrogens with zero attached hydrogens (tertiary/aromatic N) is 1. The van der Waals surface area contributed by atoms with E-state index in [-0.39, 0.29) is 5.97 Å². The van der Waals surface area contributed by atoms with E-state index in [0.29, 0.717) is 11.3 Å². The van der Waals surface area contributed by atoms with Gasteiger partial charge >= 0.3 is 5.97 Å². The third-order valence-electron chi connectivity index (χ3n) is 6.20. The standard InChI is InChI=1S/C26H31NO2/c1-3-5-9-21-10-13-23(14-11-21)26(16-7-6-8-17-26)25(28)29-24-15-12-20(4-2)18-22(24)19-27/h10-15,18H,3-9,16-17H2,1-2H3. The van der Waals surface area contributed by atoms with E-state index >= 15 is 0 Å². The molecule has 3 heteroatoms. The molecule has 0 amide bonds. The Bertz CT molecular complexity index is 871. The quantitative estimate of drug-likeness (QED) is 0.414. The summed E-state index contributed by atoms with van der Waals surface area (Å²) in [6.07, 6.45) is 9.07. The first-order chi connectivity index (χ1) is 14.1. The molecule has 1 fully saturated rings. The zero-order chi connectivity index (χ0) is 20.7. The van der Waals surface area contributed by atoms with Gasteiger partial charge in [-0.05, 0) is 60.9 Å². The molecule has 0 heterocycles. The Labute approximate surface area is 174 Å². The highest BCUT2D eigenvalue weighted by Crippen LogP contribution is 2.41. The lowest BCUT2D eigenvalue weighted by Crippen LogP contribution is -2.41.